The van der Waals surface area contributed by atoms with Crippen LogP contribution >= 0.6 is 0 Å². The van der Waals surface area contributed by atoms with E-state index < -0.39 is 18.9 Å². The van der Waals surface area contributed by atoms with Crippen molar-refractivity contribution in [3.05, 3.63) is 23.8 Å². The Morgan fingerprint density at radius 3 is 2.82 bits per heavy atom. The number of nitrogen functional groups attached to an aromatic ring is 1. The first-order chi connectivity index (χ1) is 8.06. The number of rotatable bonds is 5. The molecule has 0 aliphatic carbocycles. The molecule has 0 unspecified atom stereocenters. The average molecular weight is 244 g/mol. The number of ether oxygens (including phenoxy) is 1. The molecule has 0 spiro atoms. The van der Waals surface area contributed by atoms with Gasteiger partial charge in [0.25, 0.3) is 12.3 Å². The Hall–Kier alpha value is -1.85. The highest BCUT2D eigenvalue weighted by Gasteiger charge is 2.16. The summed E-state index contributed by atoms with van der Waals surface area (Å²) >= 11 is 0. The van der Waals surface area contributed by atoms with Crippen LogP contribution in [0.3, 0.4) is 0 Å². The zero-order valence-electron chi connectivity index (χ0n) is 9.37. The summed E-state index contributed by atoms with van der Waals surface area (Å²) in [6, 6.07) is 4.71. The van der Waals surface area contributed by atoms with Gasteiger partial charge in [0.2, 0.25) is 0 Å². The molecule has 0 saturated heterocycles. The molecule has 4 nitrogen and oxygen atoms in total. The van der Waals surface area contributed by atoms with Gasteiger partial charge in [-0.1, -0.05) is 6.07 Å². The van der Waals surface area contributed by atoms with Crippen molar-refractivity contribution in [2.24, 2.45) is 0 Å². The Balaban J connectivity index is 2.90. The topological polar surface area (TPSA) is 64.3 Å². The van der Waals surface area contributed by atoms with E-state index in [0.717, 1.165) is 0 Å². The fraction of sp³-hybridized carbons (Fsp3) is 0.364. The van der Waals surface area contributed by atoms with E-state index in [1.54, 1.807) is 19.1 Å². The third-order valence-corrected chi connectivity index (χ3v) is 2.00. The van der Waals surface area contributed by atoms with Crippen LogP contribution in [0.4, 0.5) is 14.5 Å². The number of anilines is 1. The molecule has 1 amide bonds. The van der Waals surface area contributed by atoms with Gasteiger partial charge in [0.15, 0.2) is 0 Å². The maximum absolute atomic E-state index is 12.0. The van der Waals surface area contributed by atoms with Gasteiger partial charge in [0, 0.05) is 5.69 Å². The third-order valence-electron chi connectivity index (χ3n) is 2.00. The maximum Gasteiger partial charge on any atom is 0.257 e. The molecule has 0 aromatic heterocycles. The molecular weight excluding hydrogens is 230 g/mol. The molecule has 94 valence electrons. The molecular formula is C11H14F2N2O2. The molecule has 1 aromatic rings. The van der Waals surface area contributed by atoms with Gasteiger partial charge in [-0.25, -0.2) is 8.78 Å². The van der Waals surface area contributed by atoms with Gasteiger partial charge in [-0.15, -0.1) is 0 Å². The van der Waals surface area contributed by atoms with Gasteiger partial charge in [0.1, 0.15) is 11.3 Å². The molecule has 3 N–H and O–H groups in total. The van der Waals surface area contributed by atoms with Crippen molar-refractivity contribution in [3.8, 4) is 5.75 Å². The van der Waals surface area contributed by atoms with E-state index in [-0.39, 0.29) is 11.3 Å². The standard InChI is InChI=1S/C11H14F2N2O2/c1-2-17-8-5-3-4-7(14)10(8)11(16)15-6-9(12)13/h3-5,9H,2,6,14H2,1H3,(H,15,16). The Morgan fingerprint density at radius 2 is 2.24 bits per heavy atom. The lowest BCUT2D eigenvalue weighted by Gasteiger charge is -2.12. The van der Waals surface area contributed by atoms with Gasteiger partial charge >= 0.3 is 0 Å². The van der Waals surface area contributed by atoms with Crippen LogP contribution < -0.4 is 15.8 Å². The fourth-order valence-electron chi connectivity index (χ4n) is 1.33. The zero-order chi connectivity index (χ0) is 12.8. The molecule has 0 heterocycles. The summed E-state index contributed by atoms with van der Waals surface area (Å²) in [7, 11) is 0. The number of amides is 1. The first-order valence-corrected chi connectivity index (χ1v) is 5.13. The van der Waals surface area contributed by atoms with Gasteiger partial charge in [-0.05, 0) is 19.1 Å². The van der Waals surface area contributed by atoms with E-state index in [0.29, 0.717) is 12.4 Å². The van der Waals surface area contributed by atoms with Crippen LogP contribution in [0, 0.1) is 0 Å². The van der Waals surface area contributed by atoms with Crippen molar-refractivity contribution in [1.82, 2.24) is 5.32 Å². The Bertz CT molecular complexity index is 397. The highest BCUT2D eigenvalue weighted by atomic mass is 19.3. The van der Waals surface area contributed by atoms with Gasteiger partial charge in [-0.2, -0.15) is 0 Å². The van der Waals surface area contributed by atoms with Crippen molar-refractivity contribution < 1.29 is 18.3 Å². The SMILES string of the molecule is CCOc1cccc(N)c1C(=O)NCC(F)F. The number of alkyl halides is 2. The van der Waals surface area contributed by atoms with Crippen LogP contribution in [-0.4, -0.2) is 25.5 Å². The number of hydrogen-bond donors (Lipinski definition) is 2. The molecule has 0 saturated carbocycles. The van der Waals surface area contributed by atoms with Crippen LogP contribution in [0.15, 0.2) is 18.2 Å². The normalized spacial score (nSPS) is 10.4. The molecule has 0 radical (unpaired) electrons. The van der Waals surface area contributed by atoms with Crippen molar-refractivity contribution in [2.45, 2.75) is 13.3 Å². The van der Waals surface area contributed by atoms with Crippen LogP contribution in [0.1, 0.15) is 17.3 Å². The van der Waals surface area contributed by atoms with E-state index in [1.165, 1.54) is 6.07 Å². The van der Waals surface area contributed by atoms with Gasteiger partial charge < -0.3 is 15.8 Å². The quantitative estimate of drug-likeness (QED) is 0.774. The summed E-state index contributed by atoms with van der Waals surface area (Å²) in [5.74, 6) is -0.369. The van der Waals surface area contributed by atoms with Gasteiger partial charge in [-0.3, -0.25) is 4.79 Å². The predicted molar refractivity (Wildman–Crippen MR) is 60.4 cm³/mol. The molecule has 0 bridgehead atoms. The lowest BCUT2D eigenvalue weighted by molar-refractivity contribution is 0.0889. The zero-order valence-corrected chi connectivity index (χ0v) is 9.37. The smallest absolute Gasteiger partial charge is 0.257 e. The third kappa shape index (κ3) is 3.58. The van der Waals surface area contributed by atoms with E-state index in [2.05, 4.69) is 5.32 Å². The fourth-order valence-corrected chi connectivity index (χ4v) is 1.33. The van der Waals surface area contributed by atoms with Crippen molar-refractivity contribution in [2.75, 3.05) is 18.9 Å². The maximum atomic E-state index is 12.0. The number of carbonyl (C=O) groups is 1. The van der Waals surface area contributed by atoms with E-state index >= 15 is 0 Å². The summed E-state index contributed by atoms with van der Waals surface area (Å²) in [6.45, 7) is 1.40. The monoisotopic (exact) mass is 244 g/mol. The largest absolute Gasteiger partial charge is 0.493 e. The molecule has 0 aliphatic heterocycles. The van der Waals surface area contributed by atoms with Crippen LogP contribution in [0.25, 0.3) is 0 Å². The number of nitrogens with one attached hydrogen (secondary N) is 1. The molecule has 0 fully saturated rings. The summed E-state index contributed by atoms with van der Waals surface area (Å²) in [4.78, 5) is 11.7. The molecule has 0 aliphatic rings. The number of nitrogens with two attached hydrogens (primary N) is 1. The number of halogens is 2. The summed E-state index contributed by atoms with van der Waals surface area (Å²) < 4.78 is 29.2. The number of carbonyl (C=O) groups excluding carboxylic acids is 1. The predicted octanol–water partition coefficient (Wildman–Crippen LogP) is 1.66. The first kappa shape index (κ1) is 13.2. The summed E-state index contributed by atoms with van der Waals surface area (Å²) in [5, 5.41) is 2.09. The second-order valence-electron chi connectivity index (χ2n) is 3.25. The highest BCUT2D eigenvalue weighted by molar-refractivity contribution is 6.01. The molecule has 17 heavy (non-hydrogen) atoms. The molecule has 1 rings (SSSR count). The highest BCUT2D eigenvalue weighted by Crippen LogP contribution is 2.24. The average Bonchev–Trinajstić information content (AvgIpc) is 2.26. The minimum absolute atomic E-state index is 0.0926. The summed E-state index contributed by atoms with van der Waals surface area (Å²) in [6.07, 6.45) is -2.60. The van der Waals surface area contributed by atoms with Crippen molar-refractivity contribution >= 4 is 11.6 Å². The van der Waals surface area contributed by atoms with E-state index in [1.807, 2.05) is 0 Å². The second-order valence-corrected chi connectivity index (χ2v) is 3.25. The van der Waals surface area contributed by atoms with Crippen molar-refractivity contribution in [1.29, 1.82) is 0 Å². The minimum atomic E-state index is -2.60. The van der Waals surface area contributed by atoms with Crippen molar-refractivity contribution in [3.63, 3.8) is 0 Å². The van der Waals surface area contributed by atoms with Crippen LogP contribution in [-0.2, 0) is 0 Å². The Morgan fingerprint density at radius 1 is 1.53 bits per heavy atom. The molecule has 0 atom stereocenters. The van der Waals surface area contributed by atoms with Gasteiger partial charge in [0.05, 0.1) is 13.2 Å². The lowest BCUT2D eigenvalue weighted by Crippen LogP contribution is -2.29. The molecule has 6 heteroatoms. The number of hydrogen-bond acceptors (Lipinski definition) is 3. The summed E-state index contributed by atoms with van der Waals surface area (Å²) in [5.41, 5.74) is 5.92. The lowest BCUT2D eigenvalue weighted by atomic mass is 10.1. The van der Waals surface area contributed by atoms with E-state index in [9.17, 15) is 13.6 Å². The molecule has 1 aromatic carbocycles. The number of benzene rings is 1. The minimum Gasteiger partial charge on any atom is -0.493 e. The van der Waals surface area contributed by atoms with E-state index in [4.69, 9.17) is 10.5 Å². The Kier molecular flexibility index (Phi) is 4.68. The van der Waals surface area contributed by atoms with Crippen LogP contribution in [0.5, 0.6) is 5.75 Å². The second kappa shape index (κ2) is 6.03. The Labute approximate surface area is 97.8 Å². The first-order valence-electron chi connectivity index (χ1n) is 5.13. The van der Waals surface area contributed by atoms with Crippen LogP contribution in [0.2, 0.25) is 0 Å².